The number of aromatic hydroxyl groups is 1. The van der Waals surface area contributed by atoms with Crippen LogP contribution in [0.2, 0.25) is 0 Å². The van der Waals surface area contributed by atoms with Crippen molar-refractivity contribution in [3.8, 4) is 11.5 Å². The van der Waals surface area contributed by atoms with Gasteiger partial charge in [-0.2, -0.15) is 8.42 Å². The maximum absolute atomic E-state index is 12.0. The van der Waals surface area contributed by atoms with Gasteiger partial charge >= 0.3 is 0 Å². The van der Waals surface area contributed by atoms with Crippen molar-refractivity contribution in [1.82, 2.24) is 0 Å². The third-order valence-corrected chi connectivity index (χ3v) is 6.47. The number of guanidine groups is 1. The number of phenolic OH excluding ortho intramolecular Hbond substituents is 1. The lowest BCUT2D eigenvalue weighted by Crippen LogP contribution is -2.23. The van der Waals surface area contributed by atoms with Crippen molar-refractivity contribution in [2.75, 3.05) is 6.73 Å². The minimum atomic E-state index is -4.30. The zero-order chi connectivity index (χ0) is 24.4. The van der Waals surface area contributed by atoms with E-state index < -0.39 is 21.5 Å². The largest absolute Gasteiger partial charge is 0.508 e. The predicted molar refractivity (Wildman–Crippen MR) is 128 cm³/mol. The fourth-order valence-electron chi connectivity index (χ4n) is 3.35. The van der Waals surface area contributed by atoms with E-state index in [0.29, 0.717) is 17.7 Å². The maximum atomic E-state index is 12.0. The number of aliphatic hydroxyl groups is 1. The van der Waals surface area contributed by atoms with Gasteiger partial charge in [-0.05, 0) is 60.6 Å². The molecule has 9 nitrogen and oxygen atoms in total. The first-order valence-corrected chi connectivity index (χ1v) is 12.0. The molecule has 0 aliphatic carbocycles. The quantitative estimate of drug-likeness (QED) is 0.134. The highest BCUT2D eigenvalue weighted by atomic mass is 32.2. The fourth-order valence-corrected chi connectivity index (χ4v) is 4.18. The Morgan fingerprint density at radius 3 is 2.24 bits per heavy atom. The number of nitrogens with zero attached hydrogens (tertiary/aromatic N) is 1. The Bertz CT molecular complexity index is 1030. The fraction of sp³-hybridized carbons (Fsp3) is 0.348. The number of aliphatic hydroxyl groups excluding tert-OH is 1. The molecule has 10 heteroatoms. The summed E-state index contributed by atoms with van der Waals surface area (Å²) in [6, 6.07) is 13.2. The van der Waals surface area contributed by atoms with Gasteiger partial charge in [0, 0.05) is 0 Å². The topological polar surface area (TPSA) is 168 Å². The van der Waals surface area contributed by atoms with Crippen LogP contribution in [0.4, 0.5) is 0 Å². The Morgan fingerprint density at radius 1 is 1.09 bits per heavy atom. The summed E-state index contributed by atoms with van der Waals surface area (Å²) < 4.78 is 39.2. The number of hydrogen-bond donors (Lipinski definition) is 5. The molecule has 33 heavy (non-hydrogen) atoms. The molecule has 0 saturated heterocycles. The molecular formula is C23H31N3O6S. The van der Waals surface area contributed by atoms with E-state index in [1.54, 1.807) is 30.3 Å². The van der Waals surface area contributed by atoms with Gasteiger partial charge in [0.1, 0.15) is 11.5 Å². The van der Waals surface area contributed by atoms with Crippen LogP contribution in [0.3, 0.4) is 0 Å². The SMILES string of the molecule is CCC(CC(CC=CC(O)c1ccc(O)cc1)S(=O)(=O)O)c1ccc(OCN=C(N)N)cc1. The third kappa shape index (κ3) is 8.76. The molecule has 3 atom stereocenters. The Kier molecular flexibility index (Phi) is 9.71. The smallest absolute Gasteiger partial charge is 0.268 e. The van der Waals surface area contributed by atoms with Crippen molar-refractivity contribution in [2.24, 2.45) is 16.5 Å². The molecule has 0 aliphatic heterocycles. The highest BCUT2D eigenvalue weighted by molar-refractivity contribution is 7.86. The van der Waals surface area contributed by atoms with Crippen molar-refractivity contribution in [1.29, 1.82) is 0 Å². The monoisotopic (exact) mass is 477 g/mol. The van der Waals surface area contributed by atoms with Crippen LogP contribution >= 0.6 is 0 Å². The first kappa shape index (κ1) is 26.2. The molecule has 0 saturated carbocycles. The van der Waals surface area contributed by atoms with Crippen molar-refractivity contribution in [3.05, 3.63) is 71.8 Å². The van der Waals surface area contributed by atoms with E-state index in [2.05, 4.69) is 4.99 Å². The molecule has 7 N–H and O–H groups in total. The van der Waals surface area contributed by atoms with Crippen molar-refractivity contribution in [2.45, 2.75) is 43.5 Å². The standard InChI is InChI=1S/C23H31N3O6S/c1-2-16(17-8-12-20(13-9-17)32-15-26-23(24)25)14-21(33(29,30)31)4-3-5-22(28)18-6-10-19(27)11-7-18/h3,5-13,16,21-22,27-28H,2,4,14-15H2,1H3,(H4,24,25,26)(H,29,30,31). The van der Waals surface area contributed by atoms with Gasteiger partial charge in [-0.3, -0.25) is 4.55 Å². The number of nitrogens with two attached hydrogens (primary N) is 2. The molecule has 2 aromatic carbocycles. The first-order chi connectivity index (χ1) is 15.6. The highest BCUT2D eigenvalue weighted by Gasteiger charge is 2.26. The molecule has 0 bridgehead atoms. The van der Waals surface area contributed by atoms with Gasteiger partial charge in [0.05, 0.1) is 11.4 Å². The van der Waals surface area contributed by atoms with E-state index >= 15 is 0 Å². The Morgan fingerprint density at radius 2 is 1.70 bits per heavy atom. The molecular weight excluding hydrogens is 446 g/mol. The van der Waals surface area contributed by atoms with Crippen molar-refractivity contribution >= 4 is 16.1 Å². The Balaban J connectivity index is 2.05. The van der Waals surface area contributed by atoms with E-state index in [1.807, 2.05) is 19.1 Å². The number of phenols is 1. The van der Waals surface area contributed by atoms with Gasteiger partial charge in [0.2, 0.25) is 0 Å². The summed E-state index contributed by atoms with van der Waals surface area (Å²) in [5.74, 6) is 0.467. The van der Waals surface area contributed by atoms with Crippen LogP contribution < -0.4 is 16.2 Å². The first-order valence-electron chi connectivity index (χ1n) is 10.5. The normalized spacial score (nSPS) is 14.5. The zero-order valence-electron chi connectivity index (χ0n) is 18.4. The number of hydrogen-bond acceptors (Lipinski definition) is 6. The molecule has 3 unspecified atom stereocenters. The van der Waals surface area contributed by atoms with Gasteiger partial charge in [0.25, 0.3) is 10.1 Å². The summed E-state index contributed by atoms with van der Waals surface area (Å²) in [5, 5.41) is 18.5. The predicted octanol–water partition coefficient (Wildman–Crippen LogP) is 2.82. The zero-order valence-corrected chi connectivity index (χ0v) is 19.2. The molecule has 0 spiro atoms. The van der Waals surface area contributed by atoms with Crippen LogP contribution in [0.15, 0.2) is 65.7 Å². The summed E-state index contributed by atoms with van der Waals surface area (Å²) in [4.78, 5) is 3.74. The number of rotatable bonds is 12. The lowest BCUT2D eigenvalue weighted by Gasteiger charge is -2.21. The molecule has 180 valence electrons. The molecule has 0 aliphatic rings. The molecule has 0 radical (unpaired) electrons. The van der Waals surface area contributed by atoms with Crippen molar-refractivity contribution < 1.29 is 27.9 Å². The number of allylic oxidation sites excluding steroid dienone is 1. The molecule has 0 fully saturated rings. The van der Waals surface area contributed by atoms with Gasteiger partial charge in [-0.1, -0.05) is 43.3 Å². The van der Waals surface area contributed by atoms with Crippen LogP contribution in [0.25, 0.3) is 0 Å². The van der Waals surface area contributed by atoms with Crippen LogP contribution in [-0.2, 0) is 10.1 Å². The highest BCUT2D eigenvalue weighted by Crippen LogP contribution is 2.30. The number of benzene rings is 2. The molecule has 2 rings (SSSR count). The van der Waals surface area contributed by atoms with E-state index in [1.165, 1.54) is 18.2 Å². The summed E-state index contributed by atoms with van der Waals surface area (Å²) >= 11 is 0. The van der Waals surface area contributed by atoms with Crippen LogP contribution in [0.5, 0.6) is 11.5 Å². The average molecular weight is 478 g/mol. The minimum Gasteiger partial charge on any atom is -0.508 e. The molecule has 2 aromatic rings. The van der Waals surface area contributed by atoms with Gasteiger partial charge in [-0.15, -0.1) is 0 Å². The van der Waals surface area contributed by atoms with Gasteiger partial charge in [-0.25, -0.2) is 4.99 Å². The molecule has 0 aromatic heterocycles. The summed E-state index contributed by atoms with van der Waals surface area (Å²) in [7, 11) is -4.30. The second-order valence-electron chi connectivity index (χ2n) is 7.60. The van der Waals surface area contributed by atoms with Crippen molar-refractivity contribution in [3.63, 3.8) is 0 Å². The van der Waals surface area contributed by atoms with Crippen LogP contribution in [-0.4, -0.2) is 41.1 Å². The average Bonchev–Trinajstić information content (AvgIpc) is 2.76. The second-order valence-corrected chi connectivity index (χ2v) is 9.30. The third-order valence-electron chi connectivity index (χ3n) is 5.24. The summed E-state index contributed by atoms with van der Waals surface area (Å²) in [5.41, 5.74) is 12.0. The van der Waals surface area contributed by atoms with Crippen LogP contribution in [0.1, 0.15) is 49.3 Å². The molecule has 0 heterocycles. The second kappa shape index (κ2) is 12.2. The number of aliphatic imine (C=N–C) groups is 1. The minimum absolute atomic E-state index is 0.00789. The Labute approximate surface area is 194 Å². The van der Waals surface area contributed by atoms with Crippen LogP contribution in [0, 0.1) is 0 Å². The lowest BCUT2D eigenvalue weighted by atomic mass is 9.91. The van der Waals surface area contributed by atoms with E-state index in [4.69, 9.17) is 16.2 Å². The summed E-state index contributed by atoms with van der Waals surface area (Å²) in [6.45, 7) is 1.94. The summed E-state index contributed by atoms with van der Waals surface area (Å²) in [6.07, 6.45) is 2.98. The maximum Gasteiger partial charge on any atom is 0.268 e. The van der Waals surface area contributed by atoms with Gasteiger partial charge < -0.3 is 26.4 Å². The van der Waals surface area contributed by atoms with E-state index in [9.17, 15) is 23.2 Å². The Hall–Kier alpha value is -3.08. The van der Waals surface area contributed by atoms with E-state index in [0.717, 1.165) is 5.56 Å². The van der Waals surface area contributed by atoms with Gasteiger partial charge in [0.15, 0.2) is 12.7 Å². The van der Waals surface area contributed by atoms with E-state index in [-0.39, 0.29) is 37.2 Å². The molecule has 0 amide bonds. The number of ether oxygens (including phenoxy) is 1. The lowest BCUT2D eigenvalue weighted by molar-refractivity contribution is 0.228.